The molecule has 0 rings (SSSR count). The van der Waals surface area contributed by atoms with Crippen LogP contribution in [0.25, 0.3) is 0 Å². The lowest BCUT2D eigenvalue weighted by Gasteiger charge is -2.17. The molecule has 92 valence electrons. The second kappa shape index (κ2) is 7.09. The van der Waals surface area contributed by atoms with Crippen molar-refractivity contribution in [2.75, 3.05) is 6.54 Å². The van der Waals surface area contributed by atoms with E-state index in [2.05, 4.69) is 19.2 Å². The van der Waals surface area contributed by atoms with Gasteiger partial charge in [0.05, 0.1) is 0 Å². The number of halogens is 3. The quantitative estimate of drug-likeness (QED) is 0.696. The van der Waals surface area contributed by atoms with Gasteiger partial charge in [0.1, 0.15) is 0 Å². The van der Waals surface area contributed by atoms with Gasteiger partial charge in [0.15, 0.2) is 0 Å². The largest absolute Gasteiger partial charge is 0.389 e. The highest BCUT2D eigenvalue weighted by Gasteiger charge is 2.26. The van der Waals surface area contributed by atoms with Crippen molar-refractivity contribution >= 4 is 0 Å². The minimum atomic E-state index is -4.00. The number of alkyl halides is 3. The lowest BCUT2D eigenvalue weighted by atomic mass is 10.1. The molecule has 0 radical (unpaired) electrons. The molecule has 0 aromatic heterocycles. The Bertz CT molecular complexity index is 156. The Kier molecular flexibility index (Phi) is 6.98. The summed E-state index contributed by atoms with van der Waals surface area (Å²) in [7, 11) is 0. The van der Waals surface area contributed by atoms with Gasteiger partial charge in [-0.1, -0.05) is 20.3 Å². The molecule has 0 saturated carbocycles. The smallest absolute Gasteiger partial charge is 0.314 e. The second-order valence-corrected chi connectivity index (χ2v) is 4.33. The van der Waals surface area contributed by atoms with Crippen LogP contribution in [0.15, 0.2) is 0 Å². The van der Waals surface area contributed by atoms with Gasteiger partial charge >= 0.3 is 6.18 Å². The molecule has 0 aliphatic heterocycles. The van der Waals surface area contributed by atoms with Gasteiger partial charge in [0, 0.05) is 12.5 Å². The molecule has 4 heteroatoms. The summed E-state index contributed by atoms with van der Waals surface area (Å²) in [5, 5.41) is 3.25. The second-order valence-electron chi connectivity index (χ2n) is 4.33. The summed E-state index contributed by atoms with van der Waals surface area (Å²) >= 11 is 0. The molecular formula is C11H22F3N. The van der Waals surface area contributed by atoms with Crippen molar-refractivity contribution in [3.63, 3.8) is 0 Å². The van der Waals surface area contributed by atoms with Crippen LogP contribution in [0.3, 0.4) is 0 Å². The zero-order chi connectivity index (χ0) is 11.9. The number of hydrogen-bond donors (Lipinski definition) is 1. The summed E-state index contributed by atoms with van der Waals surface area (Å²) in [6, 6.07) is 0.182. The summed E-state index contributed by atoms with van der Waals surface area (Å²) in [6.45, 7) is 7.08. The van der Waals surface area contributed by atoms with Crippen molar-refractivity contribution in [1.82, 2.24) is 5.32 Å². The molecule has 2 atom stereocenters. The van der Waals surface area contributed by atoms with Crippen LogP contribution in [0, 0.1) is 5.92 Å². The fraction of sp³-hybridized carbons (Fsp3) is 1.00. The van der Waals surface area contributed by atoms with Crippen LogP contribution >= 0.6 is 0 Å². The minimum absolute atomic E-state index is 0.182. The maximum Gasteiger partial charge on any atom is 0.389 e. The van der Waals surface area contributed by atoms with Crippen molar-refractivity contribution in [1.29, 1.82) is 0 Å². The van der Waals surface area contributed by atoms with Gasteiger partial charge in [-0.2, -0.15) is 13.2 Å². The van der Waals surface area contributed by atoms with E-state index >= 15 is 0 Å². The third-order valence-corrected chi connectivity index (χ3v) is 2.61. The van der Waals surface area contributed by atoms with Crippen LogP contribution in [0.4, 0.5) is 13.2 Å². The highest BCUT2D eigenvalue weighted by Crippen LogP contribution is 2.22. The van der Waals surface area contributed by atoms with Gasteiger partial charge in [-0.3, -0.25) is 0 Å². The van der Waals surface area contributed by atoms with Crippen molar-refractivity contribution in [3.05, 3.63) is 0 Å². The molecule has 15 heavy (non-hydrogen) atoms. The molecule has 0 heterocycles. The zero-order valence-corrected chi connectivity index (χ0v) is 9.82. The van der Waals surface area contributed by atoms with E-state index < -0.39 is 12.6 Å². The van der Waals surface area contributed by atoms with Crippen LogP contribution in [0.2, 0.25) is 0 Å². The molecule has 0 saturated heterocycles. The third kappa shape index (κ3) is 10.0. The van der Waals surface area contributed by atoms with Crippen molar-refractivity contribution in [3.8, 4) is 0 Å². The van der Waals surface area contributed by atoms with Crippen molar-refractivity contribution in [2.45, 2.75) is 58.7 Å². The Balaban J connectivity index is 3.45. The van der Waals surface area contributed by atoms with E-state index in [-0.39, 0.29) is 12.5 Å². The van der Waals surface area contributed by atoms with Gasteiger partial charge in [0.2, 0.25) is 0 Å². The Morgan fingerprint density at radius 2 is 1.80 bits per heavy atom. The normalized spacial score (nSPS) is 16.4. The van der Waals surface area contributed by atoms with E-state index in [0.717, 1.165) is 13.0 Å². The van der Waals surface area contributed by atoms with Crippen molar-refractivity contribution in [2.24, 2.45) is 5.92 Å². The minimum Gasteiger partial charge on any atom is -0.314 e. The van der Waals surface area contributed by atoms with Gasteiger partial charge in [-0.05, 0) is 32.2 Å². The highest BCUT2D eigenvalue weighted by atomic mass is 19.4. The van der Waals surface area contributed by atoms with Crippen LogP contribution < -0.4 is 5.32 Å². The molecule has 0 bridgehead atoms. The van der Waals surface area contributed by atoms with Crippen LogP contribution in [0.1, 0.15) is 46.5 Å². The van der Waals surface area contributed by atoms with Gasteiger partial charge < -0.3 is 5.32 Å². The molecule has 0 aliphatic rings. The van der Waals surface area contributed by atoms with E-state index in [0.29, 0.717) is 12.3 Å². The van der Waals surface area contributed by atoms with Crippen LogP contribution in [0.5, 0.6) is 0 Å². The average Bonchev–Trinajstić information content (AvgIpc) is 2.12. The Morgan fingerprint density at radius 3 is 2.27 bits per heavy atom. The van der Waals surface area contributed by atoms with E-state index in [4.69, 9.17) is 0 Å². The van der Waals surface area contributed by atoms with Gasteiger partial charge in [-0.15, -0.1) is 0 Å². The molecule has 0 aromatic carbocycles. The fourth-order valence-corrected chi connectivity index (χ4v) is 1.26. The molecule has 0 aliphatic carbocycles. The molecule has 0 amide bonds. The number of rotatable bonds is 7. The molecular weight excluding hydrogens is 203 g/mol. The summed E-state index contributed by atoms with van der Waals surface area (Å²) in [5.41, 5.74) is 0. The Morgan fingerprint density at radius 1 is 1.20 bits per heavy atom. The topological polar surface area (TPSA) is 12.0 Å². The van der Waals surface area contributed by atoms with Crippen LogP contribution in [-0.4, -0.2) is 18.8 Å². The van der Waals surface area contributed by atoms with Gasteiger partial charge in [0.25, 0.3) is 0 Å². The molecule has 2 unspecified atom stereocenters. The third-order valence-electron chi connectivity index (χ3n) is 2.61. The average molecular weight is 225 g/mol. The first-order chi connectivity index (χ1) is 6.85. The van der Waals surface area contributed by atoms with Crippen LogP contribution in [-0.2, 0) is 0 Å². The summed E-state index contributed by atoms with van der Waals surface area (Å²) < 4.78 is 35.6. The maximum absolute atomic E-state index is 11.9. The Hall–Kier alpha value is -0.250. The molecule has 1 nitrogen and oxygen atoms in total. The standard InChI is InChI=1S/C11H22F3N/c1-4-9(2)8-15-10(3)6-5-7-11(12,13)14/h9-10,15H,4-8H2,1-3H3. The summed E-state index contributed by atoms with van der Waals surface area (Å²) in [4.78, 5) is 0. The predicted octanol–water partition coefficient (Wildman–Crippen LogP) is 3.74. The lowest BCUT2D eigenvalue weighted by Crippen LogP contribution is -2.30. The predicted molar refractivity (Wildman–Crippen MR) is 56.8 cm³/mol. The first kappa shape index (κ1) is 14.8. The summed E-state index contributed by atoms with van der Waals surface area (Å²) in [6.07, 6.45) is -2.75. The maximum atomic E-state index is 11.9. The van der Waals surface area contributed by atoms with Crippen molar-refractivity contribution < 1.29 is 13.2 Å². The molecule has 0 aromatic rings. The fourth-order valence-electron chi connectivity index (χ4n) is 1.26. The van der Waals surface area contributed by atoms with E-state index in [1.807, 2.05) is 6.92 Å². The van der Waals surface area contributed by atoms with E-state index in [9.17, 15) is 13.2 Å². The van der Waals surface area contributed by atoms with E-state index in [1.165, 1.54) is 0 Å². The lowest BCUT2D eigenvalue weighted by molar-refractivity contribution is -0.135. The first-order valence-electron chi connectivity index (χ1n) is 5.65. The van der Waals surface area contributed by atoms with E-state index in [1.54, 1.807) is 0 Å². The Labute approximate surface area is 90.4 Å². The first-order valence-corrected chi connectivity index (χ1v) is 5.65. The number of nitrogens with one attached hydrogen (secondary N) is 1. The molecule has 0 fully saturated rings. The van der Waals surface area contributed by atoms with Gasteiger partial charge in [-0.25, -0.2) is 0 Å². The molecule has 1 N–H and O–H groups in total. The SMILES string of the molecule is CCC(C)CNC(C)CCCC(F)(F)F. The summed E-state index contributed by atoms with van der Waals surface area (Å²) in [5.74, 6) is 0.593. The zero-order valence-electron chi connectivity index (χ0n) is 9.82. The highest BCUT2D eigenvalue weighted by molar-refractivity contribution is 4.64. The number of hydrogen-bond acceptors (Lipinski definition) is 1. The molecule has 0 spiro atoms. The monoisotopic (exact) mass is 225 g/mol.